The normalized spacial score (nSPS) is 28.5. The number of allylic oxidation sites excluding steroid dienone is 1. The monoisotopic (exact) mass is 642 g/mol. The molecule has 0 saturated heterocycles. The van der Waals surface area contributed by atoms with Crippen molar-refractivity contribution in [2.75, 3.05) is 38.0 Å². The van der Waals surface area contributed by atoms with E-state index in [0.717, 1.165) is 49.4 Å². The number of hydrogen-bond acceptors (Lipinski definition) is 6. The summed E-state index contributed by atoms with van der Waals surface area (Å²) in [4.78, 5) is 28.2. The van der Waals surface area contributed by atoms with E-state index in [4.69, 9.17) is 21.1 Å². The average Bonchev–Trinajstić information content (AvgIpc) is 3.00. The molecule has 2 bridgehead atoms. The van der Waals surface area contributed by atoms with Crippen molar-refractivity contribution in [3.8, 4) is 5.75 Å². The van der Waals surface area contributed by atoms with Crippen molar-refractivity contribution in [3.05, 3.63) is 70.3 Å². The smallest absolute Gasteiger partial charge is 0.326 e. The quantitative estimate of drug-likeness (QED) is 0.380. The molecule has 0 spiro atoms. The van der Waals surface area contributed by atoms with Crippen LogP contribution in [-0.4, -0.2) is 55.3 Å². The van der Waals surface area contributed by atoms with Crippen LogP contribution in [0.15, 0.2) is 52.9 Å². The van der Waals surface area contributed by atoms with Gasteiger partial charge in [-0.25, -0.2) is 9.00 Å². The summed E-state index contributed by atoms with van der Waals surface area (Å²) in [7, 11) is -0.237. The zero-order valence-electron chi connectivity index (χ0n) is 25.7. The number of fused-ring (bicyclic) bond motifs is 3. The molecular formula is C33H43ClN4O5S. The predicted molar refractivity (Wildman–Crippen MR) is 175 cm³/mol. The first-order chi connectivity index (χ1) is 21.2. The fourth-order valence-corrected chi connectivity index (χ4v) is 8.44. The maximum absolute atomic E-state index is 14.0. The van der Waals surface area contributed by atoms with Gasteiger partial charge < -0.3 is 19.7 Å². The minimum absolute atomic E-state index is 0.0275. The lowest BCUT2D eigenvalue weighted by Crippen LogP contribution is -2.43. The van der Waals surface area contributed by atoms with Gasteiger partial charge in [-0.2, -0.15) is 0 Å². The third-order valence-electron chi connectivity index (χ3n) is 8.88. The number of carbonyl (C=O) groups excluding carboxylic acids is 2. The van der Waals surface area contributed by atoms with Crippen LogP contribution >= 0.6 is 11.6 Å². The number of anilines is 1. The molecule has 44 heavy (non-hydrogen) atoms. The zero-order valence-corrected chi connectivity index (χ0v) is 27.3. The molecule has 1 unspecified atom stereocenters. The molecule has 238 valence electrons. The molecule has 2 aromatic rings. The van der Waals surface area contributed by atoms with Crippen LogP contribution in [0, 0.1) is 17.8 Å². The van der Waals surface area contributed by atoms with Crippen molar-refractivity contribution in [1.82, 2.24) is 10.0 Å². The van der Waals surface area contributed by atoms with E-state index in [2.05, 4.69) is 43.6 Å². The summed E-state index contributed by atoms with van der Waals surface area (Å²) in [5, 5.41) is 3.15. The molecule has 5 atom stereocenters. The van der Waals surface area contributed by atoms with Crippen molar-refractivity contribution in [3.63, 3.8) is 0 Å². The number of rotatable bonds is 2. The van der Waals surface area contributed by atoms with E-state index in [-0.39, 0.29) is 23.3 Å². The van der Waals surface area contributed by atoms with E-state index in [1.165, 1.54) is 18.2 Å². The Balaban J connectivity index is 1.64. The second kappa shape index (κ2) is 14.3. The molecule has 2 N–H and O–H groups in total. The molecule has 0 aromatic heterocycles. The van der Waals surface area contributed by atoms with E-state index in [9.17, 15) is 13.8 Å². The fourth-order valence-electron chi connectivity index (χ4n) is 6.37. The zero-order chi connectivity index (χ0) is 31.3. The molecule has 1 saturated carbocycles. The number of aryl methyl sites for hydroxylation is 1. The number of benzene rings is 2. The fraction of sp³-hybridized carbons (Fsp3) is 0.515. The van der Waals surface area contributed by atoms with E-state index >= 15 is 0 Å². The largest absolute Gasteiger partial charge is 0.491 e. The Morgan fingerprint density at radius 3 is 2.75 bits per heavy atom. The highest BCUT2D eigenvalue weighted by Crippen LogP contribution is 2.42. The van der Waals surface area contributed by atoms with E-state index in [1.54, 1.807) is 19.2 Å². The number of amides is 3. The lowest BCUT2D eigenvalue weighted by atomic mass is 9.70. The van der Waals surface area contributed by atoms with Gasteiger partial charge in [-0.05, 0) is 97.7 Å². The average molecular weight is 643 g/mol. The molecular weight excluding hydrogens is 600 g/mol. The molecule has 2 heterocycles. The van der Waals surface area contributed by atoms with Gasteiger partial charge in [0.2, 0.25) is 0 Å². The number of carbonyl (C=O) groups is 2. The van der Waals surface area contributed by atoms with Crippen LogP contribution in [0.5, 0.6) is 5.75 Å². The van der Waals surface area contributed by atoms with Crippen LogP contribution in [-0.2, 0) is 27.6 Å². The Bertz CT molecular complexity index is 1520. The molecule has 3 amide bonds. The molecule has 5 rings (SSSR count). The Morgan fingerprint density at radius 2 is 2.00 bits per heavy atom. The number of ether oxygens (including phenoxy) is 2. The minimum Gasteiger partial charge on any atom is -0.491 e. The molecule has 2 aliphatic heterocycles. The molecule has 1 aliphatic carbocycles. The number of nitrogens with one attached hydrogen (secondary N) is 2. The molecule has 9 nitrogen and oxygen atoms in total. The van der Waals surface area contributed by atoms with Crippen LogP contribution in [0.2, 0.25) is 5.02 Å². The molecule has 1 fully saturated rings. The summed E-state index contributed by atoms with van der Waals surface area (Å²) in [5.41, 5.74) is 3.47. The summed E-state index contributed by atoms with van der Waals surface area (Å²) in [6.45, 7) is 3.84. The van der Waals surface area contributed by atoms with Crippen LogP contribution < -0.4 is 19.7 Å². The maximum atomic E-state index is 14.0. The Labute approximate surface area is 266 Å². The van der Waals surface area contributed by atoms with Gasteiger partial charge in [0.15, 0.2) is 0 Å². The Kier molecular flexibility index (Phi) is 10.5. The molecule has 0 radical (unpaired) electrons. The Hall–Kier alpha value is -3.08. The number of urea groups is 1. The highest BCUT2D eigenvalue weighted by Gasteiger charge is 2.38. The van der Waals surface area contributed by atoms with Crippen LogP contribution in [0.1, 0.15) is 60.5 Å². The summed E-state index contributed by atoms with van der Waals surface area (Å²) in [6, 6.07) is 10.7. The van der Waals surface area contributed by atoms with Crippen molar-refractivity contribution in [2.24, 2.45) is 22.1 Å². The SMILES string of the molecule is CNC(=O)NS1(=O)=NC(=O)c2ccc3c(c2)N(Cc2ccc(Cl)cc2CCCCO3)C[C@@H]2CC[C@H]2[C@@H](OC)/C=C/C[C@H](C)C1. The number of methoxy groups -OCH3 is 1. The van der Waals surface area contributed by atoms with Gasteiger partial charge in [-0.3, -0.25) is 9.52 Å². The topological polar surface area (TPSA) is 109 Å². The maximum Gasteiger partial charge on any atom is 0.326 e. The summed E-state index contributed by atoms with van der Waals surface area (Å²) >= 11 is 6.42. The van der Waals surface area contributed by atoms with E-state index in [0.29, 0.717) is 37.2 Å². The van der Waals surface area contributed by atoms with Crippen molar-refractivity contribution >= 4 is 39.1 Å². The van der Waals surface area contributed by atoms with E-state index < -0.39 is 21.9 Å². The summed E-state index contributed by atoms with van der Waals surface area (Å²) < 4.78 is 32.9. The standard InChI is InChI=1S/C33H43ClN4O5S/c1-22-7-6-9-30(42-3)28-14-11-26(28)20-38-19-25-10-13-27(34)17-23(25)8-4-5-16-43-31-15-12-24(18-29(31)38)32(39)36-44(41,21-22)37-33(40)35-2/h6,9-10,12-13,15,17-18,22,26,28,30H,4-5,7-8,11,14,16,19-21H2,1-3H3,(H2,35,36,37,39,40,41)/b9-6+/t22-,26-,28+,30-,44?/m0/s1. The van der Waals surface area contributed by atoms with Gasteiger partial charge in [0.1, 0.15) is 15.7 Å². The summed E-state index contributed by atoms with van der Waals surface area (Å²) in [5.74, 6) is 0.678. The highest BCUT2D eigenvalue weighted by molar-refractivity contribution is 7.92. The first-order valence-electron chi connectivity index (χ1n) is 15.4. The van der Waals surface area contributed by atoms with Crippen LogP contribution in [0.25, 0.3) is 0 Å². The lowest BCUT2D eigenvalue weighted by Gasteiger charge is -2.43. The molecule has 11 heteroatoms. The number of nitrogens with zero attached hydrogens (tertiary/aromatic N) is 2. The second-order valence-electron chi connectivity index (χ2n) is 12.1. The van der Waals surface area contributed by atoms with Gasteiger partial charge in [0.25, 0.3) is 5.91 Å². The van der Waals surface area contributed by atoms with Crippen molar-refractivity contribution < 1.29 is 23.3 Å². The number of hydrogen-bond donors (Lipinski definition) is 2. The van der Waals surface area contributed by atoms with Crippen molar-refractivity contribution in [1.29, 1.82) is 0 Å². The second-order valence-corrected chi connectivity index (χ2v) is 14.6. The molecule has 2 aromatic carbocycles. The van der Waals surface area contributed by atoms with Crippen LogP contribution in [0.3, 0.4) is 0 Å². The lowest BCUT2D eigenvalue weighted by molar-refractivity contribution is 0.0133. The third kappa shape index (κ3) is 7.76. The first kappa shape index (κ1) is 32.3. The highest BCUT2D eigenvalue weighted by atomic mass is 35.5. The minimum atomic E-state index is -3.42. The van der Waals surface area contributed by atoms with Crippen LogP contribution in [0.4, 0.5) is 10.5 Å². The third-order valence-corrected chi connectivity index (χ3v) is 11.1. The van der Waals surface area contributed by atoms with Crippen molar-refractivity contribution in [2.45, 2.75) is 58.1 Å². The predicted octanol–water partition coefficient (Wildman–Crippen LogP) is 6.15. The van der Waals surface area contributed by atoms with Gasteiger partial charge in [0, 0.05) is 37.8 Å². The number of halogens is 1. The van der Waals surface area contributed by atoms with E-state index in [1.807, 2.05) is 19.1 Å². The first-order valence-corrected chi connectivity index (χ1v) is 17.5. The van der Waals surface area contributed by atoms with Gasteiger partial charge in [-0.15, -0.1) is 4.36 Å². The molecule has 3 aliphatic rings. The van der Waals surface area contributed by atoms with Gasteiger partial charge in [-0.1, -0.05) is 36.7 Å². The summed E-state index contributed by atoms with van der Waals surface area (Å²) in [6.07, 6.45) is 9.61. The van der Waals surface area contributed by atoms with Gasteiger partial charge >= 0.3 is 6.03 Å². The Morgan fingerprint density at radius 1 is 1.16 bits per heavy atom. The van der Waals surface area contributed by atoms with Gasteiger partial charge in [0.05, 0.1) is 24.2 Å².